The van der Waals surface area contributed by atoms with Gasteiger partial charge < -0.3 is 15.3 Å². The van der Waals surface area contributed by atoms with Crippen LogP contribution < -0.4 is 5.32 Å². The summed E-state index contributed by atoms with van der Waals surface area (Å²) < 4.78 is 0. The molecule has 1 fully saturated rings. The maximum absolute atomic E-state index is 12.2. The molecule has 21 heavy (non-hydrogen) atoms. The predicted octanol–water partition coefficient (Wildman–Crippen LogP) is 1.61. The van der Waals surface area contributed by atoms with Crippen molar-refractivity contribution in [1.29, 1.82) is 0 Å². The van der Waals surface area contributed by atoms with E-state index in [4.69, 9.17) is 0 Å². The molecule has 0 saturated carbocycles. The molecule has 2 atom stereocenters. The molecule has 6 heteroatoms. The van der Waals surface area contributed by atoms with Gasteiger partial charge in [0.25, 0.3) is 0 Å². The summed E-state index contributed by atoms with van der Waals surface area (Å²) in [7, 11) is 0. The largest absolute Gasteiger partial charge is 0.480 e. The molecule has 0 aromatic heterocycles. The highest BCUT2D eigenvalue weighted by atomic mass is 16.4. The first-order valence-electron chi connectivity index (χ1n) is 7.87. The second-order valence-electron chi connectivity index (χ2n) is 6.25. The number of carboxylic acids is 1. The Hall–Kier alpha value is -1.30. The molecular weight excluding hydrogens is 270 g/mol. The second kappa shape index (κ2) is 8.22. The molecule has 122 valence electrons. The monoisotopic (exact) mass is 299 g/mol. The maximum Gasteiger partial charge on any atom is 0.326 e. The molecule has 6 nitrogen and oxygen atoms in total. The summed E-state index contributed by atoms with van der Waals surface area (Å²) in [6.45, 7) is 11.3. The van der Waals surface area contributed by atoms with Crippen molar-refractivity contribution in [2.24, 2.45) is 5.92 Å². The lowest BCUT2D eigenvalue weighted by molar-refractivity contribution is -0.139. The standard InChI is InChI=1S/C15H29N3O3/c1-5-12(4)17-6-8-18(9-7-17)15(21)16-13(14(19)20)10-11(2)3/h11-13H,5-10H2,1-4H3,(H,16,21)(H,19,20)/t12?,13-/m1/s1. The van der Waals surface area contributed by atoms with E-state index >= 15 is 0 Å². The molecule has 0 aromatic rings. The van der Waals surface area contributed by atoms with Crippen LogP contribution in [0.3, 0.4) is 0 Å². The Balaban J connectivity index is 2.47. The van der Waals surface area contributed by atoms with Crippen LogP contribution in [0.25, 0.3) is 0 Å². The first-order valence-corrected chi connectivity index (χ1v) is 7.87. The fraction of sp³-hybridized carbons (Fsp3) is 0.867. The molecule has 1 aliphatic rings. The molecule has 1 heterocycles. The highest BCUT2D eigenvalue weighted by Crippen LogP contribution is 2.10. The van der Waals surface area contributed by atoms with Crippen molar-refractivity contribution in [3.05, 3.63) is 0 Å². The van der Waals surface area contributed by atoms with E-state index in [0.717, 1.165) is 19.5 Å². The quantitative estimate of drug-likeness (QED) is 0.781. The summed E-state index contributed by atoms with van der Waals surface area (Å²) >= 11 is 0. The summed E-state index contributed by atoms with van der Waals surface area (Å²) in [6.07, 6.45) is 1.55. The zero-order chi connectivity index (χ0) is 16.0. The number of nitrogens with one attached hydrogen (secondary N) is 1. The van der Waals surface area contributed by atoms with Crippen molar-refractivity contribution in [3.8, 4) is 0 Å². The van der Waals surface area contributed by atoms with E-state index in [1.807, 2.05) is 13.8 Å². The fourth-order valence-corrected chi connectivity index (χ4v) is 2.56. The molecule has 0 spiro atoms. The molecular formula is C15H29N3O3. The van der Waals surface area contributed by atoms with Gasteiger partial charge in [0.05, 0.1) is 0 Å². The van der Waals surface area contributed by atoms with Gasteiger partial charge in [0, 0.05) is 32.2 Å². The highest BCUT2D eigenvalue weighted by molar-refractivity contribution is 5.82. The van der Waals surface area contributed by atoms with E-state index in [0.29, 0.717) is 25.6 Å². The number of rotatable bonds is 6. The van der Waals surface area contributed by atoms with E-state index in [2.05, 4.69) is 24.1 Å². The highest BCUT2D eigenvalue weighted by Gasteiger charge is 2.27. The third kappa shape index (κ3) is 5.53. The average Bonchev–Trinajstić information content (AvgIpc) is 2.45. The number of amides is 2. The van der Waals surface area contributed by atoms with E-state index < -0.39 is 12.0 Å². The Bertz CT molecular complexity index is 352. The third-order valence-corrected chi connectivity index (χ3v) is 4.12. The van der Waals surface area contributed by atoms with Gasteiger partial charge in [-0.05, 0) is 25.7 Å². The number of hydrogen-bond donors (Lipinski definition) is 2. The van der Waals surface area contributed by atoms with Crippen LogP contribution in [0, 0.1) is 5.92 Å². The minimum absolute atomic E-state index is 0.230. The number of nitrogens with zero attached hydrogens (tertiary/aromatic N) is 2. The Morgan fingerprint density at radius 3 is 2.14 bits per heavy atom. The number of piperazine rings is 1. The van der Waals surface area contributed by atoms with Gasteiger partial charge in [-0.15, -0.1) is 0 Å². The Morgan fingerprint density at radius 2 is 1.71 bits per heavy atom. The first-order chi connectivity index (χ1) is 9.85. The average molecular weight is 299 g/mol. The first kappa shape index (κ1) is 17.8. The normalized spacial score (nSPS) is 19.4. The van der Waals surface area contributed by atoms with Crippen LogP contribution in [0.1, 0.15) is 40.5 Å². The maximum atomic E-state index is 12.2. The van der Waals surface area contributed by atoms with Crippen LogP contribution in [0.4, 0.5) is 4.79 Å². The lowest BCUT2D eigenvalue weighted by Crippen LogP contribution is -2.56. The van der Waals surface area contributed by atoms with Gasteiger partial charge in [-0.2, -0.15) is 0 Å². The summed E-state index contributed by atoms with van der Waals surface area (Å²) in [5, 5.41) is 11.8. The van der Waals surface area contributed by atoms with Crippen LogP contribution in [0.15, 0.2) is 0 Å². The predicted molar refractivity (Wildman–Crippen MR) is 82.3 cm³/mol. The van der Waals surface area contributed by atoms with E-state index in [-0.39, 0.29) is 11.9 Å². The van der Waals surface area contributed by atoms with Gasteiger partial charge in [-0.1, -0.05) is 20.8 Å². The van der Waals surface area contributed by atoms with E-state index in [9.17, 15) is 14.7 Å². The van der Waals surface area contributed by atoms with Crippen molar-refractivity contribution in [3.63, 3.8) is 0 Å². The molecule has 1 aliphatic heterocycles. The molecule has 0 radical (unpaired) electrons. The van der Waals surface area contributed by atoms with Gasteiger partial charge in [0.1, 0.15) is 6.04 Å². The van der Waals surface area contributed by atoms with Gasteiger partial charge >= 0.3 is 12.0 Å². The van der Waals surface area contributed by atoms with Gasteiger partial charge in [0.2, 0.25) is 0 Å². The number of carbonyl (C=O) groups excluding carboxylic acids is 1. The summed E-state index contributed by atoms with van der Waals surface area (Å²) in [4.78, 5) is 27.5. The van der Waals surface area contributed by atoms with Crippen LogP contribution in [-0.2, 0) is 4.79 Å². The topological polar surface area (TPSA) is 72.9 Å². The number of aliphatic carboxylic acids is 1. The lowest BCUT2D eigenvalue weighted by Gasteiger charge is -2.38. The molecule has 1 saturated heterocycles. The second-order valence-corrected chi connectivity index (χ2v) is 6.25. The molecule has 1 rings (SSSR count). The number of carbonyl (C=O) groups is 2. The van der Waals surface area contributed by atoms with Gasteiger partial charge in [-0.25, -0.2) is 9.59 Å². The van der Waals surface area contributed by atoms with Crippen LogP contribution in [0.5, 0.6) is 0 Å². The van der Waals surface area contributed by atoms with Crippen molar-refractivity contribution < 1.29 is 14.7 Å². The van der Waals surface area contributed by atoms with Crippen LogP contribution in [-0.4, -0.2) is 65.2 Å². The van der Waals surface area contributed by atoms with Crippen molar-refractivity contribution >= 4 is 12.0 Å². The zero-order valence-corrected chi connectivity index (χ0v) is 13.6. The number of urea groups is 1. The minimum Gasteiger partial charge on any atom is -0.480 e. The van der Waals surface area contributed by atoms with Gasteiger partial charge in [0.15, 0.2) is 0 Å². The number of hydrogen-bond acceptors (Lipinski definition) is 3. The molecule has 2 amide bonds. The van der Waals surface area contributed by atoms with Crippen LogP contribution in [0.2, 0.25) is 0 Å². The Morgan fingerprint density at radius 1 is 1.14 bits per heavy atom. The minimum atomic E-state index is -0.963. The number of carboxylic acid groups (broad SMARTS) is 1. The van der Waals surface area contributed by atoms with Crippen LogP contribution >= 0.6 is 0 Å². The third-order valence-electron chi connectivity index (χ3n) is 4.12. The summed E-state index contributed by atoms with van der Waals surface area (Å²) in [6, 6.07) is -0.528. The van der Waals surface area contributed by atoms with Crippen molar-refractivity contribution in [2.45, 2.75) is 52.6 Å². The Labute approximate surface area is 127 Å². The lowest BCUT2D eigenvalue weighted by atomic mass is 10.0. The fourth-order valence-electron chi connectivity index (χ4n) is 2.56. The summed E-state index contributed by atoms with van der Waals surface area (Å²) in [5.74, 6) is -0.732. The molecule has 0 aromatic carbocycles. The zero-order valence-electron chi connectivity index (χ0n) is 13.6. The van der Waals surface area contributed by atoms with Crippen molar-refractivity contribution in [2.75, 3.05) is 26.2 Å². The molecule has 0 bridgehead atoms. The van der Waals surface area contributed by atoms with Gasteiger partial charge in [-0.3, -0.25) is 4.90 Å². The van der Waals surface area contributed by atoms with Crippen molar-refractivity contribution in [1.82, 2.24) is 15.1 Å². The summed E-state index contributed by atoms with van der Waals surface area (Å²) in [5.41, 5.74) is 0. The SMILES string of the molecule is CCC(C)N1CCN(C(=O)N[C@H](CC(C)C)C(=O)O)CC1. The molecule has 0 aliphatic carbocycles. The molecule has 1 unspecified atom stereocenters. The van der Waals surface area contributed by atoms with E-state index in [1.165, 1.54) is 0 Å². The van der Waals surface area contributed by atoms with E-state index in [1.54, 1.807) is 4.90 Å². The Kier molecular flexibility index (Phi) is 6.95. The smallest absolute Gasteiger partial charge is 0.326 e. The molecule has 2 N–H and O–H groups in total.